The van der Waals surface area contributed by atoms with E-state index in [1.165, 1.54) is 0 Å². The summed E-state index contributed by atoms with van der Waals surface area (Å²) in [5.74, 6) is -1.41. The number of carbonyl (C=O) groups excluding carboxylic acids is 1. The van der Waals surface area contributed by atoms with Crippen molar-refractivity contribution >= 4 is 28.4 Å². The van der Waals surface area contributed by atoms with E-state index in [1.54, 1.807) is 18.2 Å². The van der Waals surface area contributed by atoms with E-state index in [4.69, 9.17) is 9.52 Å². The van der Waals surface area contributed by atoms with Gasteiger partial charge in [-0.2, -0.15) is 0 Å². The van der Waals surface area contributed by atoms with Gasteiger partial charge in [0.15, 0.2) is 5.76 Å². The van der Waals surface area contributed by atoms with Gasteiger partial charge in [0.2, 0.25) is 0 Å². The van der Waals surface area contributed by atoms with E-state index in [0.717, 1.165) is 17.9 Å². The molecule has 2 rings (SSSR count). The Morgan fingerprint density at radius 1 is 1.25 bits per heavy atom. The summed E-state index contributed by atoms with van der Waals surface area (Å²) in [5, 5.41) is 11.5. The van der Waals surface area contributed by atoms with E-state index < -0.39 is 22.7 Å². The summed E-state index contributed by atoms with van der Waals surface area (Å²) >= 11 is 0. The lowest BCUT2D eigenvalue weighted by atomic mass is 10.2. The molecule has 2 aromatic rings. The van der Waals surface area contributed by atoms with Gasteiger partial charge >= 0.3 is 5.97 Å². The van der Waals surface area contributed by atoms with E-state index in [1.807, 2.05) is 26.8 Å². The van der Waals surface area contributed by atoms with Gasteiger partial charge in [0.25, 0.3) is 5.91 Å². The highest BCUT2D eigenvalue weighted by Crippen LogP contribution is 2.19. The summed E-state index contributed by atoms with van der Waals surface area (Å²) in [5.41, 5.74) is 1.28. The number of aromatic carboxylic acids is 1. The number of benzene rings is 1. The Labute approximate surface area is 142 Å². The molecule has 24 heavy (non-hydrogen) atoms. The molecular formula is C17H19NO5S. The zero-order valence-electron chi connectivity index (χ0n) is 13.7. The highest BCUT2D eigenvalue weighted by molar-refractivity contribution is 7.85. The lowest BCUT2D eigenvalue weighted by Gasteiger charge is -2.17. The molecule has 0 aliphatic heterocycles. The first-order chi connectivity index (χ1) is 11.2. The Hall–Kier alpha value is -2.41. The van der Waals surface area contributed by atoms with Crippen LogP contribution in [-0.4, -0.2) is 25.9 Å². The van der Waals surface area contributed by atoms with Crippen LogP contribution in [0, 0.1) is 0 Å². The van der Waals surface area contributed by atoms with Gasteiger partial charge in [0.1, 0.15) is 6.26 Å². The van der Waals surface area contributed by atoms with Crippen LogP contribution in [0.2, 0.25) is 0 Å². The van der Waals surface area contributed by atoms with Crippen molar-refractivity contribution in [3.63, 3.8) is 0 Å². The van der Waals surface area contributed by atoms with Crippen molar-refractivity contribution in [2.45, 2.75) is 31.3 Å². The molecule has 0 saturated carbocycles. The predicted octanol–water partition coefficient (Wildman–Crippen LogP) is 3.28. The third kappa shape index (κ3) is 4.55. The monoisotopic (exact) mass is 349 g/mol. The number of amides is 1. The van der Waals surface area contributed by atoms with Crippen LogP contribution < -0.4 is 5.32 Å². The maximum absolute atomic E-state index is 12.2. The average Bonchev–Trinajstić information content (AvgIpc) is 2.96. The van der Waals surface area contributed by atoms with Gasteiger partial charge in [0.05, 0.1) is 5.56 Å². The summed E-state index contributed by atoms with van der Waals surface area (Å²) in [6.45, 7) is 5.73. The SMILES string of the molecule is CC(C)(C)S(=O)Cc1cccc(NC(=O)c2cc(C(=O)O)co2)c1. The molecule has 7 heteroatoms. The van der Waals surface area contributed by atoms with Crippen LogP contribution in [0.1, 0.15) is 47.2 Å². The quantitative estimate of drug-likeness (QED) is 0.863. The van der Waals surface area contributed by atoms with Gasteiger partial charge < -0.3 is 14.8 Å². The Morgan fingerprint density at radius 2 is 1.96 bits per heavy atom. The Balaban J connectivity index is 2.09. The fourth-order valence-corrected chi connectivity index (χ4v) is 2.78. The van der Waals surface area contributed by atoms with Crippen LogP contribution >= 0.6 is 0 Å². The number of hydrogen-bond acceptors (Lipinski definition) is 4. The Bertz CT molecular complexity index is 788. The van der Waals surface area contributed by atoms with Crippen LogP contribution in [0.25, 0.3) is 0 Å². The predicted molar refractivity (Wildman–Crippen MR) is 91.7 cm³/mol. The lowest BCUT2D eigenvalue weighted by Crippen LogP contribution is -2.23. The molecule has 6 nitrogen and oxygen atoms in total. The second-order valence-electron chi connectivity index (χ2n) is 6.26. The van der Waals surface area contributed by atoms with Crippen LogP contribution in [0.4, 0.5) is 5.69 Å². The molecule has 1 atom stereocenters. The molecule has 1 unspecified atom stereocenters. The summed E-state index contributed by atoms with van der Waals surface area (Å²) < 4.78 is 16.8. The molecule has 1 aromatic carbocycles. The minimum Gasteiger partial charge on any atom is -0.478 e. The van der Waals surface area contributed by atoms with Gasteiger partial charge in [-0.3, -0.25) is 9.00 Å². The third-order valence-corrected chi connectivity index (χ3v) is 5.20. The van der Waals surface area contributed by atoms with E-state index in [2.05, 4.69) is 5.32 Å². The minimum atomic E-state index is -1.16. The van der Waals surface area contributed by atoms with E-state index in [-0.39, 0.29) is 16.1 Å². The minimum absolute atomic E-state index is 0.0870. The number of furan rings is 1. The van der Waals surface area contributed by atoms with Crippen LogP contribution in [-0.2, 0) is 16.6 Å². The van der Waals surface area contributed by atoms with Gasteiger partial charge in [-0.15, -0.1) is 0 Å². The van der Waals surface area contributed by atoms with Crippen molar-refractivity contribution in [1.82, 2.24) is 0 Å². The van der Waals surface area contributed by atoms with E-state index in [9.17, 15) is 13.8 Å². The van der Waals surface area contributed by atoms with Gasteiger partial charge in [-0.05, 0) is 38.5 Å². The van der Waals surface area contributed by atoms with Gasteiger partial charge in [-0.1, -0.05) is 12.1 Å². The Kier molecular flexibility index (Phi) is 5.23. The third-order valence-electron chi connectivity index (χ3n) is 3.24. The number of carbonyl (C=O) groups is 2. The molecule has 128 valence electrons. The van der Waals surface area contributed by atoms with Crippen LogP contribution in [0.5, 0.6) is 0 Å². The number of carboxylic acid groups (broad SMARTS) is 1. The Morgan fingerprint density at radius 3 is 2.54 bits per heavy atom. The molecule has 1 heterocycles. The molecule has 0 aliphatic carbocycles. The molecule has 1 aromatic heterocycles. The van der Waals surface area contributed by atoms with Crippen LogP contribution in [0.15, 0.2) is 41.0 Å². The first-order valence-corrected chi connectivity index (χ1v) is 8.59. The largest absolute Gasteiger partial charge is 0.478 e. The number of rotatable bonds is 5. The van der Waals surface area contributed by atoms with Crippen molar-refractivity contribution < 1.29 is 23.3 Å². The van der Waals surface area contributed by atoms with Crippen molar-refractivity contribution in [1.29, 1.82) is 0 Å². The summed E-state index contributed by atoms with van der Waals surface area (Å²) in [7, 11) is -1.04. The number of nitrogens with one attached hydrogen (secondary N) is 1. The highest BCUT2D eigenvalue weighted by atomic mass is 32.2. The zero-order valence-corrected chi connectivity index (χ0v) is 14.5. The molecular weight excluding hydrogens is 330 g/mol. The fraction of sp³-hybridized carbons (Fsp3) is 0.294. The van der Waals surface area contributed by atoms with Crippen LogP contribution in [0.3, 0.4) is 0 Å². The average molecular weight is 349 g/mol. The van der Waals surface area contributed by atoms with Crippen molar-refractivity contribution in [2.24, 2.45) is 0 Å². The normalized spacial score (nSPS) is 12.6. The molecule has 0 bridgehead atoms. The maximum Gasteiger partial charge on any atom is 0.338 e. The number of carboxylic acids is 1. The molecule has 1 amide bonds. The molecule has 0 saturated heterocycles. The zero-order chi connectivity index (χ0) is 17.9. The van der Waals surface area contributed by atoms with Crippen molar-refractivity contribution in [2.75, 3.05) is 5.32 Å². The molecule has 2 N–H and O–H groups in total. The summed E-state index contributed by atoms with van der Waals surface area (Å²) in [6, 6.07) is 8.20. The van der Waals surface area contributed by atoms with Crippen molar-refractivity contribution in [3.8, 4) is 0 Å². The first-order valence-electron chi connectivity index (χ1n) is 7.27. The second kappa shape index (κ2) is 7.00. The highest BCUT2D eigenvalue weighted by Gasteiger charge is 2.20. The fourth-order valence-electron chi connectivity index (χ4n) is 1.87. The standard InChI is InChI=1S/C17H19NO5S/c1-17(2,3)24(22)10-11-5-4-6-13(7-11)18-15(19)14-8-12(9-23-14)16(20)21/h4-9H,10H2,1-3H3,(H,18,19)(H,20,21). The van der Waals surface area contributed by atoms with E-state index >= 15 is 0 Å². The van der Waals surface area contributed by atoms with Gasteiger partial charge in [-0.25, -0.2) is 4.79 Å². The van der Waals surface area contributed by atoms with Gasteiger partial charge in [0, 0.05) is 33.1 Å². The number of anilines is 1. The second-order valence-corrected chi connectivity index (χ2v) is 8.47. The first kappa shape index (κ1) is 17.9. The molecule has 0 aliphatic rings. The lowest BCUT2D eigenvalue weighted by molar-refractivity contribution is 0.0696. The molecule has 0 fully saturated rings. The summed E-state index contributed by atoms with van der Waals surface area (Å²) in [6.07, 6.45) is 1.01. The van der Waals surface area contributed by atoms with E-state index in [0.29, 0.717) is 11.4 Å². The maximum atomic E-state index is 12.2. The smallest absolute Gasteiger partial charge is 0.338 e. The molecule has 0 radical (unpaired) electrons. The molecule has 0 spiro atoms. The van der Waals surface area contributed by atoms with Crippen molar-refractivity contribution in [3.05, 3.63) is 53.5 Å². The number of hydrogen-bond donors (Lipinski definition) is 2. The summed E-state index contributed by atoms with van der Waals surface area (Å²) in [4.78, 5) is 22.9. The topological polar surface area (TPSA) is 96.6 Å².